The smallest absolute Gasteiger partial charge is 0.329 e. The van der Waals surface area contributed by atoms with E-state index in [1.165, 1.54) is 37.4 Å². The average molecular weight is 476 g/mol. The molecule has 2 N–H and O–H groups in total. The number of nitriles is 1. The molecule has 170 valence electrons. The minimum Gasteiger partial charge on any atom is -0.468 e. The number of pyridine rings is 1. The number of methoxy groups -OCH3 is 1. The van der Waals surface area contributed by atoms with Crippen LogP contribution in [0.2, 0.25) is 0 Å². The summed E-state index contributed by atoms with van der Waals surface area (Å²) < 4.78 is 61.8. The number of fused-ring (bicyclic) bond motifs is 1. The van der Waals surface area contributed by atoms with E-state index in [2.05, 4.69) is 14.7 Å². The molecule has 2 heterocycles. The third-order valence-corrected chi connectivity index (χ3v) is 7.10. The van der Waals surface area contributed by atoms with E-state index in [0.717, 1.165) is 19.3 Å². The number of amidine groups is 1. The predicted molar refractivity (Wildman–Crippen MR) is 114 cm³/mol. The van der Waals surface area contributed by atoms with Crippen LogP contribution in [0.3, 0.4) is 0 Å². The Bertz CT molecular complexity index is 1260. The van der Waals surface area contributed by atoms with Gasteiger partial charge in [0.15, 0.2) is 9.91 Å². The van der Waals surface area contributed by atoms with E-state index in [-0.39, 0.29) is 27.6 Å². The molecule has 4 rings (SSSR count). The minimum absolute atomic E-state index is 0.0687. The Kier molecular flexibility index (Phi) is 5.24. The van der Waals surface area contributed by atoms with E-state index in [4.69, 9.17) is 11.0 Å². The Hall–Kier alpha value is -3.39. The van der Waals surface area contributed by atoms with Crippen molar-refractivity contribution in [3.63, 3.8) is 0 Å². The molecule has 2 aromatic rings. The second kappa shape index (κ2) is 7.59. The minimum atomic E-state index is -3.57. The molecule has 0 saturated heterocycles. The normalized spacial score (nSPS) is 27.7. The van der Waals surface area contributed by atoms with Crippen LogP contribution in [0.4, 0.5) is 17.6 Å². The molecule has 0 amide bonds. The highest BCUT2D eigenvalue weighted by molar-refractivity contribution is 8.16. The fourth-order valence-corrected chi connectivity index (χ4v) is 5.67. The SMILES string of the molecule is COC(=O)[C@]12SC(N)=N[C@@](C)(c3cc(/C=C(\F)c4ccc(C#N)cn4)ccc3F)[C@H]1C2(F)F. The van der Waals surface area contributed by atoms with Gasteiger partial charge in [0.25, 0.3) is 5.92 Å². The standard InChI is InChI=1S/C22H16F4N4O2S/c1-20(17-21(18(31)32-2,22(17,25)26)33-19(28)30-20)13-7-11(3-5-14(13)23)8-15(24)16-6-4-12(9-27)10-29-16/h3-8,10,17H,1-2H3,(H2,28,30)/b15-8-/t17-,20+,21-/m1/s1. The van der Waals surface area contributed by atoms with Crippen molar-refractivity contribution in [2.45, 2.75) is 23.1 Å². The first kappa shape index (κ1) is 22.8. The lowest BCUT2D eigenvalue weighted by Gasteiger charge is -2.31. The van der Waals surface area contributed by atoms with Crippen molar-refractivity contribution < 1.29 is 27.1 Å². The Balaban J connectivity index is 1.78. The highest BCUT2D eigenvalue weighted by Gasteiger charge is 2.92. The number of rotatable bonds is 4. The molecule has 1 aliphatic heterocycles. The molecule has 6 nitrogen and oxygen atoms in total. The lowest BCUT2D eigenvalue weighted by atomic mass is 9.84. The number of nitrogens with zero attached hydrogens (tertiary/aromatic N) is 3. The van der Waals surface area contributed by atoms with Crippen LogP contribution in [-0.4, -0.2) is 33.9 Å². The third-order valence-electron chi connectivity index (χ3n) is 5.81. The van der Waals surface area contributed by atoms with E-state index in [0.29, 0.717) is 11.8 Å². The molecule has 2 aliphatic rings. The van der Waals surface area contributed by atoms with E-state index in [1.54, 1.807) is 0 Å². The first-order chi connectivity index (χ1) is 15.5. The molecule has 33 heavy (non-hydrogen) atoms. The monoisotopic (exact) mass is 476 g/mol. The van der Waals surface area contributed by atoms with Gasteiger partial charge in [-0.25, -0.2) is 17.6 Å². The second-order valence-electron chi connectivity index (χ2n) is 7.76. The van der Waals surface area contributed by atoms with E-state index in [9.17, 15) is 22.4 Å². The zero-order valence-corrected chi connectivity index (χ0v) is 18.1. The fourth-order valence-electron chi connectivity index (χ4n) is 4.24. The number of nitrogens with two attached hydrogens (primary N) is 1. The van der Waals surface area contributed by atoms with Crippen LogP contribution in [-0.2, 0) is 15.1 Å². The molecule has 11 heteroatoms. The van der Waals surface area contributed by atoms with Crippen LogP contribution < -0.4 is 5.73 Å². The molecule has 0 radical (unpaired) electrons. The number of carbonyl (C=O) groups excluding carboxylic acids is 1. The van der Waals surface area contributed by atoms with E-state index < -0.39 is 39.7 Å². The summed E-state index contributed by atoms with van der Waals surface area (Å²) in [5.74, 6) is -8.12. The number of benzene rings is 1. The van der Waals surface area contributed by atoms with Gasteiger partial charge in [-0.05, 0) is 42.8 Å². The third kappa shape index (κ3) is 3.28. The maximum atomic E-state index is 15.0. The summed E-state index contributed by atoms with van der Waals surface area (Å²) in [7, 11) is 0.981. The van der Waals surface area contributed by atoms with Crippen LogP contribution in [0.25, 0.3) is 11.9 Å². The summed E-state index contributed by atoms with van der Waals surface area (Å²) in [6.07, 6.45) is 2.24. The Morgan fingerprint density at radius 1 is 1.33 bits per heavy atom. The van der Waals surface area contributed by atoms with Crippen LogP contribution >= 0.6 is 11.8 Å². The maximum Gasteiger partial charge on any atom is 0.329 e. The number of esters is 1. The molecule has 1 aromatic heterocycles. The first-order valence-electron chi connectivity index (χ1n) is 9.55. The number of carbonyl (C=O) groups is 1. The number of halogens is 4. The summed E-state index contributed by atoms with van der Waals surface area (Å²) in [6, 6.07) is 7.99. The van der Waals surface area contributed by atoms with Gasteiger partial charge in [-0.2, -0.15) is 5.26 Å². The molecule has 0 unspecified atom stereocenters. The van der Waals surface area contributed by atoms with Gasteiger partial charge in [-0.15, -0.1) is 0 Å². The van der Waals surface area contributed by atoms with Crippen LogP contribution in [0.15, 0.2) is 41.5 Å². The number of aliphatic imine (C=N–C) groups is 1. The van der Waals surface area contributed by atoms with Crippen molar-refractivity contribution in [3.8, 4) is 6.07 Å². The lowest BCUT2D eigenvalue weighted by molar-refractivity contribution is -0.143. The average Bonchev–Trinajstić information content (AvgIpc) is 3.30. The van der Waals surface area contributed by atoms with Gasteiger partial charge in [0.2, 0.25) is 0 Å². The summed E-state index contributed by atoms with van der Waals surface area (Å²) in [4.78, 5) is 20.2. The quantitative estimate of drug-likeness (QED) is 0.529. The van der Waals surface area contributed by atoms with Gasteiger partial charge in [0.05, 0.1) is 29.8 Å². The number of alkyl halides is 2. The molecule has 1 fully saturated rings. The number of hydrogen-bond acceptors (Lipinski definition) is 7. The zero-order chi connectivity index (χ0) is 24.2. The topological polar surface area (TPSA) is 101 Å². The molecule has 1 aliphatic carbocycles. The molecule has 1 aromatic carbocycles. The maximum absolute atomic E-state index is 15.0. The largest absolute Gasteiger partial charge is 0.468 e. The molecule has 0 spiro atoms. The number of aromatic nitrogens is 1. The summed E-state index contributed by atoms with van der Waals surface area (Å²) >= 11 is 0.398. The summed E-state index contributed by atoms with van der Waals surface area (Å²) in [5.41, 5.74) is 3.92. The van der Waals surface area contributed by atoms with Crippen molar-refractivity contribution in [1.82, 2.24) is 4.98 Å². The van der Waals surface area contributed by atoms with Gasteiger partial charge >= 0.3 is 5.97 Å². The van der Waals surface area contributed by atoms with Crippen LogP contribution in [0.1, 0.15) is 29.3 Å². The van der Waals surface area contributed by atoms with Gasteiger partial charge in [-0.1, -0.05) is 17.8 Å². The molecular weight excluding hydrogens is 460 g/mol. The fraction of sp³-hybridized carbons (Fsp3) is 0.273. The number of ether oxygens (including phenoxy) is 1. The lowest BCUT2D eigenvalue weighted by Crippen LogP contribution is -2.40. The van der Waals surface area contributed by atoms with E-state index in [1.807, 2.05) is 6.07 Å². The summed E-state index contributed by atoms with van der Waals surface area (Å²) in [5, 5.41) is 8.50. The van der Waals surface area contributed by atoms with Crippen molar-refractivity contribution >= 4 is 34.8 Å². The second-order valence-corrected chi connectivity index (χ2v) is 9.02. The van der Waals surface area contributed by atoms with Gasteiger partial charge in [0.1, 0.15) is 17.7 Å². The summed E-state index contributed by atoms with van der Waals surface area (Å²) in [6.45, 7) is 1.26. The molecule has 0 bridgehead atoms. The van der Waals surface area contributed by atoms with Crippen molar-refractivity contribution in [2.24, 2.45) is 16.6 Å². The van der Waals surface area contributed by atoms with Crippen molar-refractivity contribution in [1.29, 1.82) is 5.26 Å². The predicted octanol–water partition coefficient (Wildman–Crippen LogP) is 4.01. The Morgan fingerprint density at radius 3 is 2.67 bits per heavy atom. The van der Waals surface area contributed by atoms with Crippen molar-refractivity contribution in [2.75, 3.05) is 7.11 Å². The van der Waals surface area contributed by atoms with Gasteiger partial charge in [0, 0.05) is 11.8 Å². The Morgan fingerprint density at radius 2 is 2.06 bits per heavy atom. The Labute approximate surface area is 190 Å². The molecule has 3 atom stereocenters. The van der Waals surface area contributed by atoms with Crippen molar-refractivity contribution in [3.05, 3.63) is 64.7 Å². The highest BCUT2D eigenvalue weighted by atomic mass is 32.2. The number of hydrogen-bond donors (Lipinski definition) is 1. The van der Waals surface area contributed by atoms with E-state index >= 15 is 0 Å². The molecular formula is C22H16F4N4O2S. The van der Waals surface area contributed by atoms with Gasteiger partial charge in [-0.3, -0.25) is 14.8 Å². The van der Waals surface area contributed by atoms with Crippen LogP contribution in [0, 0.1) is 23.1 Å². The highest BCUT2D eigenvalue weighted by Crippen LogP contribution is 2.75. The number of thioether (sulfide) groups is 1. The first-order valence-corrected chi connectivity index (χ1v) is 10.4. The van der Waals surface area contributed by atoms with Gasteiger partial charge < -0.3 is 10.5 Å². The zero-order valence-electron chi connectivity index (χ0n) is 17.3. The van der Waals surface area contributed by atoms with Crippen LogP contribution in [0.5, 0.6) is 0 Å². The molecule has 1 saturated carbocycles.